The minimum absolute atomic E-state index is 0.169. The number of amides is 1. The molecule has 0 fully saturated rings. The van der Waals surface area contributed by atoms with E-state index in [1.165, 1.54) is 0 Å². The third-order valence-corrected chi connectivity index (χ3v) is 2.86. The summed E-state index contributed by atoms with van der Waals surface area (Å²) < 4.78 is 10.4. The number of nitrogens with two attached hydrogens (primary N) is 1. The molecule has 0 aliphatic carbocycles. The van der Waals surface area contributed by atoms with Crippen molar-refractivity contribution in [2.45, 2.75) is 6.42 Å². The number of hydrogen-bond acceptors (Lipinski definition) is 5. The normalized spacial score (nSPS) is 12.8. The van der Waals surface area contributed by atoms with E-state index in [0.29, 0.717) is 29.3 Å². The van der Waals surface area contributed by atoms with Crippen molar-refractivity contribution in [1.82, 2.24) is 10.2 Å². The SMILES string of the molecule is CN(C)CCCNC(=O)c1cc2c(cc1N)OCO2. The Kier molecular flexibility index (Phi) is 4.11. The smallest absolute Gasteiger partial charge is 0.253 e. The van der Waals surface area contributed by atoms with Crippen molar-refractivity contribution < 1.29 is 14.3 Å². The molecule has 0 saturated heterocycles. The first-order chi connectivity index (χ1) is 9.08. The molecule has 6 heteroatoms. The Morgan fingerprint density at radius 2 is 2.05 bits per heavy atom. The second kappa shape index (κ2) is 5.79. The van der Waals surface area contributed by atoms with E-state index in [0.717, 1.165) is 13.0 Å². The minimum Gasteiger partial charge on any atom is -0.454 e. The van der Waals surface area contributed by atoms with Gasteiger partial charge in [-0.05, 0) is 33.1 Å². The molecular weight excluding hydrogens is 246 g/mol. The second-order valence-electron chi connectivity index (χ2n) is 4.71. The summed E-state index contributed by atoms with van der Waals surface area (Å²) in [6.07, 6.45) is 0.892. The maximum absolute atomic E-state index is 12.0. The van der Waals surface area contributed by atoms with Crippen molar-refractivity contribution in [1.29, 1.82) is 0 Å². The van der Waals surface area contributed by atoms with Gasteiger partial charge in [0.1, 0.15) is 0 Å². The molecule has 1 heterocycles. The van der Waals surface area contributed by atoms with E-state index in [2.05, 4.69) is 10.2 Å². The van der Waals surface area contributed by atoms with Gasteiger partial charge in [-0.3, -0.25) is 4.79 Å². The van der Waals surface area contributed by atoms with Crippen LogP contribution in [0.2, 0.25) is 0 Å². The number of hydrogen-bond donors (Lipinski definition) is 2. The minimum atomic E-state index is -0.186. The van der Waals surface area contributed by atoms with Crippen LogP contribution in [0.3, 0.4) is 0 Å². The lowest BCUT2D eigenvalue weighted by molar-refractivity contribution is 0.0952. The zero-order valence-corrected chi connectivity index (χ0v) is 11.2. The third-order valence-electron chi connectivity index (χ3n) is 2.86. The van der Waals surface area contributed by atoms with Crippen molar-refractivity contribution >= 4 is 11.6 Å². The summed E-state index contributed by atoms with van der Waals surface area (Å²) in [6, 6.07) is 3.25. The van der Waals surface area contributed by atoms with Crippen LogP contribution >= 0.6 is 0 Å². The van der Waals surface area contributed by atoms with E-state index in [1.807, 2.05) is 14.1 Å². The van der Waals surface area contributed by atoms with Crippen LogP contribution in [-0.2, 0) is 0 Å². The van der Waals surface area contributed by atoms with Gasteiger partial charge in [-0.15, -0.1) is 0 Å². The molecule has 0 aromatic heterocycles. The Balaban J connectivity index is 1.96. The fourth-order valence-corrected chi connectivity index (χ4v) is 1.85. The molecule has 0 bridgehead atoms. The van der Waals surface area contributed by atoms with E-state index >= 15 is 0 Å². The largest absolute Gasteiger partial charge is 0.454 e. The molecule has 1 aromatic rings. The Bertz CT molecular complexity index is 474. The predicted molar refractivity (Wildman–Crippen MR) is 72.5 cm³/mol. The highest BCUT2D eigenvalue weighted by Crippen LogP contribution is 2.35. The first-order valence-corrected chi connectivity index (χ1v) is 6.20. The van der Waals surface area contributed by atoms with Crippen LogP contribution in [-0.4, -0.2) is 44.8 Å². The van der Waals surface area contributed by atoms with Gasteiger partial charge in [-0.25, -0.2) is 0 Å². The van der Waals surface area contributed by atoms with E-state index in [9.17, 15) is 4.79 Å². The highest BCUT2D eigenvalue weighted by Gasteiger charge is 2.19. The summed E-state index contributed by atoms with van der Waals surface area (Å²) in [4.78, 5) is 14.1. The summed E-state index contributed by atoms with van der Waals surface area (Å²) in [5, 5.41) is 2.84. The molecule has 0 atom stereocenters. The first kappa shape index (κ1) is 13.5. The van der Waals surface area contributed by atoms with Crippen LogP contribution in [0.5, 0.6) is 11.5 Å². The zero-order valence-electron chi connectivity index (χ0n) is 11.2. The number of anilines is 1. The van der Waals surface area contributed by atoms with Gasteiger partial charge < -0.3 is 25.4 Å². The van der Waals surface area contributed by atoms with E-state index in [-0.39, 0.29) is 12.7 Å². The lowest BCUT2D eigenvalue weighted by Crippen LogP contribution is -2.27. The molecule has 1 aliphatic rings. The number of fused-ring (bicyclic) bond motifs is 1. The Hall–Kier alpha value is -1.95. The molecule has 1 aliphatic heterocycles. The topological polar surface area (TPSA) is 76.8 Å². The lowest BCUT2D eigenvalue weighted by atomic mass is 10.1. The monoisotopic (exact) mass is 265 g/mol. The van der Waals surface area contributed by atoms with Gasteiger partial charge in [0.2, 0.25) is 6.79 Å². The predicted octanol–water partition coefficient (Wildman–Crippen LogP) is 0.679. The Morgan fingerprint density at radius 1 is 1.37 bits per heavy atom. The van der Waals surface area contributed by atoms with Gasteiger partial charge in [0.25, 0.3) is 5.91 Å². The van der Waals surface area contributed by atoms with Gasteiger partial charge in [-0.1, -0.05) is 0 Å². The third kappa shape index (κ3) is 3.29. The van der Waals surface area contributed by atoms with Crippen LogP contribution in [0.25, 0.3) is 0 Å². The van der Waals surface area contributed by atoms with Gasteiger partial charge in [-0.2, -0.15) is 0 Å². The molecule has 2 rings (SSSR count). The van der Waals surface area contributed by atoms with Crippen LogP contribution in [0.4, 0.5) is 5.69 Å². The quantitative estimate of drug-likeness (QED) is 0.605. The van der Waals surface area contributed by atoms with Crippen LogP contribution < -0.4 is 20.5 Å². The molecule has 6 nitrogen and oxygen atoms in total. The number of carbonyl (C=O) groups is 1. The maximum Gasteiger partial charge on any atom is 0.253 e. The molecule has 0 radical (unpaired) electrons. The summed E-state index contributed by atoms with van der Waals surface area (Å²) in [5.41, 5.74) is 6.67. The number of nitrogens with one attached hydrogen (secondary N) is 1. The van der Waals surface area contributed by atoms with Gasteiger partial charge in [0.05, 0.1) is 5.56 Å². The summed E-state index contributed by atoms with van der Waals surface area (Å²) in [6.45, 7) is 1.71. The highest BCUT2D eigenvalue weighted by atomic mass is 16.7. The van der Waals surface area contributed by atoms with E-state index < -0.39 is 0 Å². The van der Waals surface area contributed by atoms with Gasteiger partial charge in [0.15, 0.2) is 11.5 Å². The first-order valence-electron chi connectivity index (χ1n) is 6.20. The summed E-state index contributed by atoms with van der Waals surface area (Å²) >= 11 is 0. The fraction of sp³-hybridized carbons (Fsp3) is 0.462. The van der Waals surface area contributed by atoms with Crippen LogP contribution in [0.1, 0.15) is 16.8 Å². The molecule has 104 valence electrons. The lowest BCUT2D eigenvalue weighted by Gasteiger charge is -2.11. The molecule has 3 N–H and O–H groups in total. The molecule has 0 spiro atoms. The average Bonchev–Trinajstić information content (AvgIpc) is 2.80. The number of rotatable bonds is 5. The van der Waals surface area contributed by atoms with Crippen molar-refractivity contribution in [3.63, 3.8) is 0 Å². The van der Waals surface area contributed by atoms with Gasteiger partial charge in [0, 0.05) is 18.3 Å². The number of nitrogens with zero attached hydrogens (tertiary/aromatic N) is 1. The highest BCUT2D eigenvalue weighted by molar-refractivity contribution is 6.00. The molecule has 19 heavy (non-hydrogen) atoms. The zero-order chi connectivity index (χ0) is 13.8. The number of benzene rings is 1. The van der Waals surface area contributed by atoms with E-state index in [4.69, 9.17) is 15.2 Å². The van der Waals surface area contributed by atoms with Crippen molar-refractivity contribution in [3.8, 4) is 11.5 Å². The second-order valence-corrected chi connectivity index (χ2v) is 4.71. The van der Waals surface area contributed by atoms with Crippen molar-refractivity contribution in [3.05, 3.63) is 17.7 Å². The summed E-state index contributed by atoms with van der Waals surface area (Å²) in [7, 11) is 4.00. The summed E-state index contributed by atoms with van der Waals surface area (Å²) in [5.74, 6) is 0.962. The molecule has 0 unspecified atom stereocenters. The maximum atomic E-state index is 12.0. The molecular formula is C13H19N3O3. The molecule has 1 aromatic carbocycles. The van der Waals surface area contributed by atoms with Crippen molar-refractivity contribution in [2.24, 2.45) is 0 Å². The Labute approximate surface area is 112 Å². The van der Waals surface area contributed by atoms with Crippen LogP contribution in [0, 0.1) is 0 Å². The standard InChI is InChI=1S/C13H19N3O3/c1-16(2)5-3-4-15-13(17)9-6-11-12(7-10(9)14)19-8-18-11/h6-7H,3-5,8,14H2,1-2H3,(H,15,17). The number of nitrogen functional groups attached to an aromatic ring is 1. The molecule has 1 amide bonds. The van der Waals surface area contributed by atoms with Crippen molar-refractivity contribution in [2.75, 3.05) is 39.7 Å². The number of ether oxygens (including phenoxy) is 2. The van der Waals surface area contributed by atoms with Gasteiger partial charge >= 0.3 is 0 Å². The number of carbonyl (C=O) groups excluding carboxylic acids is 1. The average molecular weight is 265 g/mol. The fourth-order valence-electron chi connectivity index (χ4n) is 1.85. The van der Waals surface area contributed by atoms with E-state index in [1.54, 1.807) is 12.1 Å². The van der Waals surface area contributed by atoms with Crippen LogP contribution in [0.15, 0.2) is 12.1 Å². The molecule has 0 saturated carbocycles. The Morgan fingerprint density at radius 3 is 2.74 bits per heavy atom.